The molecule has 1 aromatic rings. The second-order valence-electron chi connectivity index (χ2n) is 6.47. The zero-order chi connectivity index (χ0) is 17.2. The fourth-order valence-electron chi connectivity index (χ4n) is 3.42. The summed E-state index contributed by atoms with van der Waals surface area (Å²) in [6.45, 7) is 3.04. The third-order valence-corrected chi connectivity index (χ3v) is 7.06. The largest absolute Gasteiger partial charge is 0.329 e. The van der Waals surface area contributed by atoms with Gasteiger partial charge in [0.05, 0.1) is 31.9 Å². The monoisotopic (exact) mass is 413 g/mol. The topological polar surface area (TPSA) is 58.9 Å². The van der Waals surface area contributed by atoms with Crippen molar-refractivity contribution in [1.82, 2.24) is 4.90 Å². The Bertz CT molecular complexity index is 740. The predicted octanol–water partition coefficient (Wildman–Crippen LogP) is 0.377. The standard InChI is InChI=1S/C17H21BrN2O3S/c18-15-3-1-2-14(12-15)4-5-17(21)20-9-7-19(8-10-20)16-6-11-24(22,23)13-16/h1-5,12,16H,6-11,13H2/p+1/b5-4+/t16-/m1/s1. The van der Waals surface area contributed by atoms with E-state index in [2.05, 4.69) is 15.9 Å². The number of piperazine rings is 1. The van der Waals surface area contributed by atoms with Crippen molar-refractivity contribution in [2.75, 3.05) is 37.7 Å². The van der Waals surface area contributed by atoms with Gasteiger partial charge in [-0.15, -0.1) is 0 Å². The van der Waals surface area contributed by atoms with E-state index in [1.807, 2.05) is 35.2 Å². The van der Waals surface area contributed by atoms with Gasteiger partial charge in [-0.25, -0.2) is 8.42 Å². The molecule has 0 spiro atoms. The Balaban J connectivity index is 1.52. The average Bonchev–Trinajstić information content (AvgIpc) is 2.93. The molecule has 1 N–H and O–H groups in total. The molecule has 1 aromatic carbocycles. The van der Waals surface area contributed by atoms with Gasteiger partial charge in [0.15, 0.2) is 9.84 Å². The van der Waals surface area contributed by atoms with Gasteiger partial charge in [-0.2, -0.15) is 0 Å². The van der Waals surface area contributed by atoms with Gasteiger partial charge in [-0.3, -0.25) is 4.79 Å². The van der Waals surface area contributed by atoms with Crippen LogP contribution in [-0.2, 0) is 14.6 Å². The van der Waals surface area contributed by atoms with E-state index >= 15 is 0 Å². The van der Waals surface area contributed by atoms with E-state index < -0.39 is 9.84 Å². The van der Waals surface area contributed by atoms with Gasteiger partial charge in [0.2, 0.25) is 5.91 Å². The molecule has 0 saturated carbocycles. The van der Waals surface area contributed by atoms with E-state index in [0.717, 1.165) is 29.5 Å². The number of rotatable bonds is 3. The highest BCUT2D eigenvalue weighted by molar-refractivity contribution is 9.10. The van der Waals surface area contributed by atoms with Crippen LogP contribution in [0.25, 0.3) is 6.08 Å². The molecule has 2 heterocycles. The van der Waals surface area contributed by atoms with Crippen molar-refractivity contribution in [1.29, 1.82) is 0 Å². The Labute approximate surface area is 151 Å². The van der Waals surface area contributed by atoms with Crippen LogP contribution < -0.4 is 4.90 Å². The highest BCUT2D eigenvalue weighted by atomic mass is 79.9. The molecule has 0 unspecified atom stereocenters. The van der Waals surface area contributed by atoms with E-state index in [9.17, 15) is 13.2 Å². The normalized spacial score (nSPS) is 24.5. The molecule has 2 aliphatic rings. The fraction of sp³-hybridized carbons (Fsp3) is 0.471. The molecular formula is C17H22BrN2O3S+. The minimum atomic E-state index is -2.83. The van der Waals surface area contributed by atoms with Crippen molar-refractivity contribution in [3.63, 3.8) is 0 Å². The van der Waals surface area contributed by atoms with Crippen LogP contribution in [0.3, 0.4) is 0 Å². The first-order chi connectivity index (χ1) is 11.4. The van der Waals surface area contributed by atoms with Crippen molar-refractivity contribution in [2.45, 2.75) is 12.5 Å². The molecule has 1 amide bonds. The molecule has 2 aliphatic heterocycles. The summed E-state index contributed by atoms with van der Waals surface area (Å²) in [4.78, 5) is 15.5. The lowest BCUT2D eigenvalue weighted by Crippen LogP contribution is -3.18. The molecule has 2 fully saturated rings. The first-order valence-electron chi connectivity index (χ1n) is 8.20. The lowest BCUT2D eigenvalue weighted by molar-refractivity contribution is -0.925. The summed E-state index contributed by atoms with van der Waals surface area (Å²) in [6.07, 6.45) is 4.21. The number of carbonyl (C=O) groups excluding carboxylic acids is 1. The van der Waals surface area contributed by atoms with E-state index in [0.29, 0.717) is 24.6 Å². The molecule has 130 valence electrons. The Morgan fingerprint density at radius 1 is 1.29 bits per heavy atom. The number of hydrogen-bond donors (Lipinski definition) is 1. The molecule has 0 bridgehead atoms. The number of halogens is 1. The minimum absolute atomic E-state index is 0.0214. The number of nitrogens with one attached hydrogen (secondary N) is 1. The minimum Gasteiger partial charge on any atom is -0.329 e. The van der Waals surface area contributed by atoms with Gasteiger partial charge in [0, 0.05) is 17.0 Å². The number of hydrogen-bond acceptors (Lipinski definition) is 3. The van der Waals surface area contributed by atoms with Gasteiger partial charge in [0.1, 0.15) is 11.8 Å². The van der Waals surface area contributed by atoms with Gasteiger partial charge in [-0.1, -0.05) is 28.1 Å². The molecule has 1 atom stereocenters. The summed E-state index contributed by atoms with van der Waals surface area (Å²) in [6, 6.07) is 8.02. The van der Waals surface area contributed by atoms with E-state index in [4.69, 9.17) is 0 Å². The highest BCUT2D eigenvalue weighted by Gasteiger charge is 2.37. The smallest absolute Gasteiger partial charge is 0.246 e. The van der Waals surface area contributed by atoms with E-state index in [1.165, 1.54) is 4.90 Å². The summed E-state index contributed by atoms with van der Waals surface area (Å²) < 4.78 is 24.2. The third-order valence-electron chi connectivity index (χ3n) is 4.79. The second-order valence-corrected chi connectivity index (χ2v) is 9.62. The quantitative estimate of drug-likeness (QED) is 0.728. The molecule has 2 saturated heterocycles. The fourth-order valence-corrected chi connectivity index (χ4v) is 5.67. The summed E-state index contributed by atoms with van der Waals surface area (Å²) >= 11 is 3.42. The molecule has 0 radical (unpaired) electrons. The van der Waals surface area contributed by atoms with Crippen molar-refractivity contribution in [3.05, 3.63) is 40.4 Å². The van der Waals surface area contributed by atoms with Gasteiger partial charge in [0.25, 0.3) is 0 Å². The van der Waals surface area contributed by atoms with Crippen molar-refractivity contribution < 1.29 is 18.1 Å². The van der Waals surface area contributed by atoms with Crippen molar-refractivity contribution in [2.24, 2.45) is 0 Å². The maximum atomic E-state index is 12.3. The van der Waals surface area contributed by atoms with Crippen LogP contribution in [0.2, 0.25) is 0 Å². The first kappa shape index (κ1) is 17.6. The average molecular weight is 414 g/mol. The van der Waals surface area contributed by atoms with Crippen LogP contribution >= 0.6 is 15.9 Å². The summed E-state index contributed by atoms with van der Waals surface area (Å²) in [5, 5.41) is 0. The number of carbonyl (C=O) groups is 1. The second kappa shape index (κ2) is 7.37. The summed E-state index contributed by atoms with van der Waals surface area (Å²) in [7, 11) is -2.83. The molecule has 7 heteroatoms. The zero-order valence-electron chi connectivity index (χ0n) is 13.4. The molecule has 0 aliphatic carbocycles. The number of sulfone groups is 1. The van der Waals surface area contributed by atoms with Gasteiger partial charge in [-0.05, 0) is 23.8 Å². The maximum Gasteiger partial charge on any atom is 0.246 e. The lowest BCUT2D eigenvalue weighted by Gasteiger charge is -2.34. The number of quaternary nitrogens is 1. The molecule has 24 heavy (non-hydrogen) atoms. The van der Waals surface area contributed by atoms with E-state index in [-0.39, 0.29) is 11.9 Å². The number of benzene rings is 1. The Morgan fingerprint density at radius 2 is 2.04 bits per heavy atom. The Kier molecular flexibility index (Phi) is 5.42. The number of nitrogens with zero attached hydrogens (tertiary/aromatic N) is 1. The van der Waals surface area contributed by atoms with Gasteiger partial charge < -0.3 is 9.80 Å². The van der Waals surface area contributed by atoms with Crippen LogP contribution in [0, 0.1) is 0 Å². The van der Waals surface area contributed by atoms with E-state index in [1.54, 1.807) is 6.08 Å². The molecular weight excluding hydrogens is 392 g/mol. The SMILES string of the molecule is O=C(/C=C/c1cccc(Br)c1)N1CC[NH+]([C@@H]2CCS(=O)(=O)C2)CC1. The molecule has 0 aromatic heterocycles. The van der Waals surface area contributed by atoms with Crippen LogP contribution in [0.5, 0.6) is 0 Å². The van der Waals surface area contributed by atoms with Crippen molar-refractivity contribution in [3.8, 4) is 0 Å². The Morgan fingerprint density at radius 3 is 2.67 bits per heavy atom. The maximum absolute atomic E-state index is 12.3. The highest BCUT2D eigenvalue weighted by Crippen LogP contribution is 2.13. The van der Waals surface area contributed by atoms with Crippen LogP contribution in [-0.4, -0.2) is 63.0 Å². The van der Waals surface area contributed by atoms with Crippen molar-refractivity contribution >= 4 is 37.8 Å². The zero-order valence-corrected chi connectivity index (χ0v) is 15.9. The van der Waals surface area contributed by atoms with Crippen LogP contribution in [0.1, 0.15) is 12.0 Å². The van der Waals surface area contributed by atoms with Gasteiger partial charge >= 0.3 is 0 Å². The first-order valence-corrected chi connectivity index (χ1v) is 10.8. The lowest BCUT2D eigenvalue weighted by atomic mass is 10.2. The molecule has 5 nitrogen and oxygen atoms in total. The molecule has 3 rings (SSSR count). The Hall–Kier alpha value is -1.18. The summed E-state index contributed by atoms with van der Waals surface area (Å²) in [5.74, 6) is 0.645. The third kappa shape index (κ3) is 4.46. The number of amides is 1. The van der Waals surface area contributed by atoms with Crippen LogP contribution in [0.4, 0.5) is 0 Å². The van der Waals surface area contributed by atoms with Crippen LogP contribution in [0.15, 0.2) is 34.8 Å². The predicted molar refractivity (Wildman–Crippen MR) is 97.5 cm³/mol. The summed E-state index contributed by atoms with van der Waals surface area (Å²) in [5.41, 5.74) is 0.984.